The van der Waals surface area contributed by atoms with Gasteiger partial charge in [-0.05, 0) is 50.6 Å². The molecule has 4 rings (SSSR count). The van der Waals surface area contributed by atoms with Crippen LogP contribution in [0.4, 0.5) is 10.1 Å². The van der Waals surface area contributed by atoms with E-state index >= 15 is 0 Å². The average molecular weight is 445 g/mol. The molecule has 2 aromatic heterocycles. The van der Waals surface area contributed by atoms with Crippen LogP contribution in [0.1, 0.15) is 18.4 Å². The fourth-order valence-electron chi connectivity index (χ4n) is 3.81. The van der Waals surface area contributed by atoms with E-state index in [-0.39, 0.29) is 11.4 Å². The van der Waals surface area contributed by atoms with Crippen molar-refractivity contribution in [2.45, 2.75) is 19.8 Å². The van der Waals surface area contributed by atoms with Crippen LogP contribution >= 0.6 is 11.6 Å². The highest BCUT2D eigenvalue weighted by Gasteiger charge is 2.20. The Balaban J connectivity index is 1.19. The number of pyridine rings is 2. The summed E-state index contributed by atoms with van der Waals surface area (Å²) in [7, 11) is 0. The number of nitrogens with zero attached hydrogens (tertiary/aromatic N) is 3. The number of hydrogen-bond donors (Lipinski definition) is 1. The fourth-order valence-corrected chi connectivity index (χ4v) is 4.08. The van der Waals surface area contributed by atoms with Crippen LogP contribution in [-0.4, -0.2) is 54.2 Å². The highest BCUT2D eigenvalue weighted by Crippen LogP contribution is 2.31. The van der Waals surface area contributed by atoms with Crippen molar-refractivity contribution in [3.8, 4) is 5.88 Å². The SMILES string of the molecule is Cc1c(F)ccc(N2CCN(CCCCOc3ccc4ccc(=O)[nH]c4n3)CC2)c1Cl. The summed E-state index contributed by atoms with van der Waals surface area (Å²) >= 11 is 6.35. The number of aromatic amines is 1. The number of H-pyrrole nitrogens is 1. The maximum atomic E-state index is 13.6. The van der Waals surface area contributed by atoms with Gasteiger partial charge < -0.3 is 14.6 Å². The highest BCUT2D eigenvalue weighted by atomic mass is 35.5. The van der Waals surface area contributed by atoms with Gasteiger partial charge in [0.1, 0.15) is 11.5 Å². The van der Waals surface area contributed by atoms with E-state index in [9.17, 15) is 9.18 Å². The lowest BCUT2D eigenvalue weighted by molar-refractivity contribution is 0.237. The van der Waals surface area contributed by atoms with Crippen molar-refractivity contribution in [3.05, 3.63) is 63.2 Å². The van der Waals surface area contributed by atoms with E-state index in [2.05, 4.69) is 19.8 Å². The Bertz CT molecular complexity index is 1110. The molecular weight excluding hydrogens is 419 g/mol. The van der Waals surface area contributed by atoms with Gasteiger partial charge in [0, 0.05) is 49.3 Å². The maximum absolute atomic E-state index is 13.6. The lowest BCUT2D eigenvalue weighted by Gasteiger charge is -2.36. The molecule has 0 saturated carbocycles. The van der Waals surface area contributed by atoms with Crippen LogP contribution in [0.5, 0.6) is 5.88 Å². The number of piperazine rings is 1. The number of benzene rings is 1. The Kier molecular flexibility index (Phi) is 6.73. The zero-order chi connectivity index (χ0) is 21.8. The fraction of sp³-hybridized carbons (Fsp3) is 0.391. The zero-order valence-corrected chi connectivity index (χ0v) is 18.3. The first-order valence-corrected chi connectivity index (χ1v) is 10.9. The predicted octanol–water partition coefficient (Wildman–Crippen LogP) is 4.01. The second kappa shape index (κ2) is 9.66. The smallest absolute Gasteiger partial charge is 0.249 e. The summed E-state index contributed by atoms with van der Waals surface area (Å²) < 4.78 is 19.4. The van der Waals surface area contributed by atoms with Crippen LogP contribution in [0, 0.1) is 12.7 Å². The summed E-state index contributed by atoms with van der Waals surface area (Å²) in [6.45, 7) is 6.96. The third-order valence-corrected chi connectivity index (χ3v) is 6.17. The Morgan fingerprint density at radius 3 is 2.68 bits per heavy atom. The van der Waals surface area contributed by atoms with E-state index in [0.29, 0.717) is 28.7 Å². The molecule has 164 valence electrons. The number of hydrogen-bond acceptors (Lipinski definition) is 5. The largest absolute Gasteiger partial charge is 0.478 e. The van der Waals surface area contributed by atoms with E-state index in [1.807, 2.05) is 12.1 Å². The van der Waals surface area contributed by atoms with Gasteiger partial charge in [-0.15, -0.1) is 0 Å². The van der Waals surface area contributed by atoms with Gasteiger partial charge in [-0.25, -0.2) is 4.39 Å². The van der Waals surface area contributed by atoms with Crippen LogP contribution in [0.25, 0.3) is 11.0 Å². The third kappa shape index (κ3) is 5.17. The van der Waals surface area contributed by atoms with Gasteiger partial charge in [0.2, 0.25) is 11.4 Å². The summed E-state index contributed by atoms with van der Waals surface area (Å²) in [6, 6.07) is 10.2. The normalized spacial score (nSPS) is 14.9. The molecule has 0 unspecified atom stereocenters. The number of anilines is 1. The first kappa shape index (κ1) is 21.6. The number of fused-ring (bicyclic) bond motifs is 1. The van der Waals surface area contributed by atoms with Crippen LogP contribution < -0.4 is 15.2 Å². The van der Waals surface area contributed by atoms with Gasteiger partial charge in [-0.3, -0.25) is 9.69 Å². The molecule has 1 N–H and O–H groups in total. The van der Waals surface area contributed by atoms with Gasteiger partial charge >= 0.3 is 0 Å². The quantitative estimate of drug-likeness (QED) is 0.558. The van der Waals surface area contributed by atoms with E-state index in [4.69, 9.17) is 16.3 Å². The molecular formula is C23H26ClFN4O2. The van der Waals surface area contributed by atoms with Crippen LogP contribution in [0.15, 0.2) is 41.2 Å². The molecule has 0 radical (unpaired) electrons. The van der Waals surface area contributed by atoms with Gasteiger partial charge in [-0.2, -0.15) is 4.98 Å². The minimum absolute atomic E-state index is 0.172. The Labute approximate surface area is 185 Å². The van der Waals surface area contributed by atoms with Crippen LogP contribution in [0.2, 0.25) is 5.02 Å². The molecule has 1 aromatic carbocycles. The van der Waals surface area contributed by atoms with E-state index in [0.717, 1.165) is 56.6 Å². The van der Waals surface area contributed by atoms with Gasteiger partial charge in [0.15, 0.2) is 0 Å². The Morgan fingerprint density at radius 1 is 1.10 bits per heavy atom. The van der Waals surface area contributed by atoms with Crippen molar-refractivity contribution in [2.75, 3.05) is 44.2 Å². The second-order valence-corrected chi connectivity index (χ2v) is 8.18. The molecule has 1 aliphatic heterocycles. The maximum Gasteiger partial charge on any atom is 0.249 e. The Hall–Kier alpha value is -2.64. The number of nitrogens with one attached hydrogen (secondary N) is 1. The van der Waals surface area contributed by atoms with Crippen LogP contribution in [0.3, 0.4) is 0 Å². The van der Waals surface area contributed by atoms with Gasteiger partial charge in [0.25, 0.3) is 0 Å². The van der Waals surface area contributed by atoms with E-state index < -0.39 is 0 Å². The molecule has 1 fully saturated rings. The molecule has 6 nitrogen and oxygen atoms in total. The van der Waals surface area contributed by atoms with Crippen molar-refractivity contribution in [1.82, 2.24) is 14.9 Å². The average Bonchev–Trinajstić information content (AvgIpc) is 2.78. The minimum Gasteiger partial charge on any atom is -0.478 e. The molecule has 3 heterocycles. The van der Waals surface area contributed by atoms with Crippen LogP contribution in [-0.2, 0) is 0 Å². The summed E-state index contributed by atoms with van der Waals surface area (Å²) in [6.07, 6.45) is 1.95. The summed E-state index contributed by atoms with van der Waals surface area (Å²) in [5, 5.41) is 1.39. The van der Waals surface area contributed by atoms with Crippen molar-refractivity contribution in [3.63, 3.8) is 0 Å². The number of unbranched alkanes of at least 4 members (excludes halogenated alkanes) is 1. The summed E-state index contributed by atoms with van der Waals surface area (Å²) in [5.41, 5.74) is 1.79. The first-order chi connectivity index (χ1) is 15.0. The molecule has 1 aliphatic rings. The number of rotatable bonds is 7. The van der Waals surface area contributed by atoms with Gasteiger partial charge in [0.05, 0.1) is 17.3 Å². The first-order valence-electron chi connectivity index (χ1n) is 10.6. The molecule has 8 heteroatoms. The molecule has 0 bridgehead atoms. The Morgan fingerprint density at radius 2 is 1.87 bits per heavy atom. The molecule has 0 aliphatic carbocycles. The summed E-state index contributed by atoms with van der Waals surface area (Å²) in [5.74, 6) is 0.260. The molecule has 0 spiro atoms. The third-order valence-electron chi connectivity index (χ3n) is 5.69. The number of aromatic nitrogens is 2. The van der Waals surface area contributed by atoms with Crippen molar-refractivity contribution in [1.29, 1.82) is 0 Å². The van der Waals surface area contributed by atoms with Crippen molar-refractivity contribution < 1.29 is 9.13 Å². The number of ether oxygens (including phenoxy) is 1. The lowest BCUT2D eigenvalue weighted by Crippen LogP contribution is -2.46. The van der Waals surface area contributed by atoms with E-state index in [1.165, 1.54) is 12.1 Å². The summed E-state index contributed by atoms with van der Waals surface area (Å²) in [4.78, 5) is 23.1. The monoisotopic (exact) mass is 444 g/mol. The number of halogens is 2. The van der Waals surface area contributed by atoms with Crippen molar-refractivity contribution in [2.24, 2.45) is 0 Å². The standard InChI is InChI=1S/C23H26ClFN4O2/c1-16-18(25)6-7-19(22(16)24)29-13-11-28(12-14-29)10-2-3-15-31-21-9-5-17-4-8-20(30)26-23(17)27-21/h4-9H,2-3,10-15H2,1H3,(H,26,27,30). The second-order valence-electron chi connectivity index (χ2n) is 7.80. The molecule has 3 aromatic rings. The highest BCUT2D eigenvalue weighted by molar-refractivity contribution is 6.34. The molecule has 0 atom stereocenters. The molecule has 31 heavy (non-hydrogen) atoms. The van der Waals surface area contributed by atoms with Gasteiger partial charge in [-0.1, -0.05) is 11.6 Å². The molecule has 1 saturated heterocycles. The predicted molar refractivity (Wildman–Crippen MR) is 122 cm³/mol. The van der Waals surface area contributed by atoms with E-state index in [1.54, 1.807) is 19.1 Å². The zero-order valence-electron chi connectivity index (χ0n) is 17.5. The topological polar surface area (TPSA) is 61.5 Å². The lowest BCUT2D eigenvalue weighted by atomic mass is 10.1. The molecule has 0 amide bonds. The van der Waals surface area contributed by atoms with Crippen molar-refractivity contribution >= 4 is 28.3 Å². The minimum atomic E-state index is -0.262.